The van der Waals surface area contributed by atoms with Crippen LogP contribution < -0.4 is 5.32 Å². The van der Waals surface area contributed by atoms with E-state index < -0.39 is 0 Å². The topological polar surface area (TPSA) is 12.0 Å². The maximum Gasteiger partial charge on any atom is 0.0374 e. The highest BCUT2D eigenvalue weighted by molar-refractivity contribution is 5.28. The fraction of sp³-hybridized carbons (Fsp3) is 0.667. The van der Waals surface area contributed by atoms with Crippen LogP contribution in [0.3, 0.4) is 0 Å². The molecular formula is C18H29N. The van der Waals surface area contributed by atoms with Crippen LogP contribution in [0.1, 0.15) is 69.5 Å². The van der Waals surface area contributed by atoms with Crippen molar-refractivity contribution in [2.45, 2.75) is 64.8 Å². The lowest BCUT2D eigenvalue weighted by atomic mass is 9.73. The molecule has 0 saturated heterocycles. The molecule has 1 unspecified atom stereocenters. The summed E-state index contributed by atoms with van der Waals surface area (Å²) >= 11 is 0. The predicted molar refractivity (Wildman–Crippen MR) is 83.4 cm³/mol. The quantitative estimate of drug-likeness (QED) is 0.768. The molecule has 1 heteroatoms. The normalized spacial score (nSPS) is 19.5. The summed E-state index contributed by atoms with van der Waals surface area (Å²) in [5.74, 6) is 0. The van der Waals surface area contributed by atoms with E-state index in [4.69, 9.17) is 0 Å². The Morgan fingerprint density at radius 3 is 2.53 bits per heavy atom. The van der Waals surface area contributed by atoms with Crippen molar-refractivity contribution in [1.29, 1.82) is 0 Å². The molecule has 1 atom stereocenters. The zero-order chi connectivity index (χ0) is 13.7. The van der Waals surface area contributed by atoms with Gasteiger partial charge in [-0.3, -0.25) is 0 Å². The smallest absolute Gasteiger partial charge is 0.0374 e. The Morgan fingerprint density at radius 1 is 1.21 bits per heavy atom. The monoisotopic (exact) mass is 259 g/mol. The number of benzene rings is 1. The SMILES string of the molecule is CCCc1cccc(C(NC)C2(CC)CCCC2)c1. The summed E-state index contributed by atoms with van der Waals surface area (Å²) in [7, 11) is 2.13. The molecular weight excluding hydrogens is 230 g/mol. The summed E-state index contributed by atoms with van der Waals surface area (Å²) in [6, 6.07) is 9.78. The molecule has 0 bridgehead atoms. The maximum atomic E-state index is 3.62. The maximum absolute atomic E-state index is 3.62. The number of hydrogen-bond acceptors (Lipinski definition) is 1. The Labute approximate surface area is 118 Å². The minimum absolute atomic E-state index is 0.486. The molecule has 1 N–H and O–H groups in total. The van der Waals surface area contributed by atoms with Gasteiger partial charge in [0.15, 0.2) is 0 Å². The van der Waals surface area contributed by atoms with Crippen molar-refractivity contribution in [3.05, 3.63) is 35.4 Å². The first kappa shape index (κ1) is 14.6. The third-order valence-corrected chi connectivity index (χ3v) is 5.03. The lowest BCUT2D eigenvalue weighted by molar-refractivity contribution is 0.195. The van der Waals surface area contributed by atoms with Gasteiger partial charge in [-0.1, -0.05) is 57.4 Å². The van der Waals surface area contributed by atoms with E-state index in [1.165, 1.54) is 56.1 Å². The van der Waals surface area contributed by atoms with Crippen LogP contribution >= 0.6 is 0 Å². The molecule has 19 heavy (non-hydrogen) atoms. The highest BCUT2D eigenvalue weighted by atomic mass is 14.9. The van der Waals surface area contributed by atoms with Crippen molar-refractivity contribution in [3.8, 4) is 0 Å². The van der Waals surface area contributed by atoms with Crippen molar-refractivity contribution in [2.75, 3.05) is 7.05 Å². The van der Waals surface area contributed by atoms with Gasteiger partial charge in [0.1, 0.15) is 0 Å². The van der Waals surface area contributed by atoms with Crippen LogP contribution in [0.5, 0.6) is 0 Å². The van der Waals surface area contributed by atoms with Gasteiger partial charge >= 0.3 is 0 Å². The molecule has 106 valence electrons. The third-order valence-electron chi connectivity index (χ3n) is 5.03. The summed E-state index contributed by atoms with van der Waals surface area (Å²) in [5.41, 5.74) is 3.47. The number of aryl methyl sites for hydroxylation is 1. The highest BCUT2D eigenvalue weighted by Gasteiger charge is 2.39. The van der Waals surface area contributed by atoms with E-state index in [0.29, 0.717) is 11.5 Å². The van der Waals surface area contributed by atoms with E-state index >= 15 is 0 Å². The Hall–Kier alpha value is -0.820. The molecule has 0 spiro atoms. The molecule has 0 radical (unpaired) electrons. The number of hydrogen-bond donors (Lipinski definition) is 1. The number of rotatable bonds is 6. The van der Waals surface area contributed by atoms with E-state index in [9.17, 15) is 0 Å². The molecule has 0 aliphatic heterocycles. The molecule has 1 aromatic rings. The highest BCUT2D eigenvalue weighted by Crippen LogP contribution is 2.49. The van der Waals surface area contributed by atoms with Gasteiger partial charge in [0, 0.05) is 6.04 Å². The van der Waals surface area contributed by atoms with Crippen LogP contribution in [0, 0.1) is 5.41 Å². The summed E-state index contributed by atoms with van der Waals surface area (Å²) in [6.07, 6.45) is 9.29. The van der Waals surface area contributed by atoms with E-state index in [1.54, 1.807) is 0 Å². The van der Waals surface area contributed by atoms with E-state index in [1.807, 2.05) is 0 Å². The van der Waals surface area contributed by atoms with Gasteiger partial charge in [0.25, 0.3) is 0 Å². The molecule has 1 nitrogen and oxygen atoms in total. The van der Waals surface area contributed by atoms with E-state index in [0.717, 1.165) is 0 Å². The van der Waals surface area contributed by atoms with Crippen LogP contribution in [0.4, 0.5) is 0 Å². The molecule has 1 aromatic carbocycles. The molecule has 1 aliphatic rings. The predicted octanol–water partition coefficient (Wildman–Crippen LogP) is 4.87. The second kappa shape index (κ2) is 6.56. The first-order chi connectivity index (χ1) is 9.25. The van der Waals surface area contributed by atoms with Crippen molar-refractivity contribution in [3.63, 3.8) is 0 Å². The summed E-state index contributed by atoms with van der Waals surface area (Å²) in [5, 5.41) is 3.62. The van der Waals surface area contributed by atoms with Crippen molar-refractivity contribution >= 4 is 0 Å². The van der Waals surface area contributed by atoms with Gasteiger partial charge in [-0.05, 0) is 49.3 Å². The molecule has 1 fully saturated rings. The van der Waals surface area contributed by atoms with Crippen molar-refractivity contribution < 1.29 is 0 Å². The van der Waals surface area contributed by atoms with Gasteiger partial charge in [0.05, 0.1) is 0 Å². The zero-order valence-electron chi connectivity index (χ0n) is 12.8. The second-order valence-electron chi connectivity index (χ2n) is 6.14. The third kappa shape index (κ3) is 3.02. The van der Waals surface area contributed by atoms with Gasteiger partial charge in [0.2, 0.25) is 0 Å². The lowest BCUT2D eigenvalue weighted by Gasteiger charge is -2.37. The first-order valence-electron chi connectivity index (χ1n) is 8.02. The fourth-order valence-electron chi connectivity index (χ4n) is 3.97. The Morgan fingerprint density at radius 2 is 1.95 bits per heavy atom. The molecule has 0 aromatic heterocycles. The minimum Gasteiger partial charge on any atom is -0.313 e. The van der Waals surface area contributed by atoms with E-state index in [2.05, 4.69) is 50.5 Å². The Kier molecular flexibility index (Phi) is 5.04. The zero-order valence-corrected chi connectivity index (χ0v) is 12.8. The van der Waals surface area contributed by atoms with Crippen LogP contribution in [0.2, 0.25) is 0 Å². The summed E-state index contributed by atoms with van der Waals surface area (Å²) in [6.45, 7) is 4.62. The van der Waals surface area contributed by atoms with Gasteiger partial charge in [-0.25, -0.2) is 0 Å². The van der Waals surface area contributed by atoms with Gasteiger partial charge in [-0.2, -0.15) is 0 Å². The van der Waals surface area contributed by atoms with Crippen LogP contribution in [0.15, 0.2) is 24.3 Å². The Bertz CT molecular complexity index is 390. The van der Waals surface area contributed by atoms with Crippen molar-refractivity contribution in [1.82, 2.24) is 5.32 Å². The average Bonchev–Trinajstić information content (AvgIpc) is 2.90. The molecule has 0 amide bonds. The van der Waals surface area contributed by atoms with Crippen LogP contribution in [-0.4, -0.2) is 7.05 Å². The largest absolute Gasteiger partial charge is 0.313 e. The molecule has 0 heterocycles. The summed E-state index contributed by atoms with van der Waals surface area (Å²) in [4.78, 5) is 0. The first-order valence-corrected chi connectivity index (χ1v) is 8.02. The summed E-state index contributed by atoms with van der Waals surface area (Å²) < 4.78 is 0. The molecule has 1 saturated carbocycles. The Balaban J connectivity index is 2.27. The minimum atomic E-state index is 0.486. The molecule has 2 rings (SSSR count). The van der Waals surface area contributed by atoms with Crippen LogP contribution in [0.25, 0.3) is 0 Å². The van der Waals surface area contributed by atoms with E-state index in [-0.39, 0.29) is 0 Å². The van der Waals surface area contributed by atoms with Gasteiger partial charge < -0.3 is 5.32 Å². The average molecular weight is 259 g/mol. The molecule has 1 aliphatic carbocycles. The van der Waals surface area contributed by atoms with Crippen molar-refractivity contribution in [2.24, 2.45) is 5.41 Å². The fourth-order valence-corrected chi connectivity index (χ4v) is 3.97. The van der Waals surface area contributed by atoms with Crippen LogP contribution in [-0.2, 0) is 6.42 Å². The lowest BCUT2D eigenvalue weighted by Crippen LogP contribution is -2.34. The standard InChI is InChI=1S/C18H29N/c1-4-9-15-10-8-11-16(14-15)17(19-3)18(5-2)12-6-7-13-18/h8,10-11,14,17,19H,4-7,9,12-13H2,1-3H3. The van der Waals surface area contributed by atoms with Gasteiger partial charge in [-0.15, -0.1) is 0 Å². The number of nitrogens with one attached hydrogen (secondary N) is 1. The second-order valence-corrected chi connectivity index (χ2v) is 6.14.